The van der Waals surface area contributed by atoms with Gasteiger partial charge in [-0.1, -0.05) is 244 Å². The van der Waals surface area contributed by atoms with Crippen LogP contribution in [-0.4, -0.2) is 4.57 Å². The number of nitrogens with zero attached hydrogens (tertiary/aromatic N) is 2. The Labute approximate surface area is 500 Å². The molecule has 0 N–H and O–H groups in total. The minimum atomic E-state index is -0.540. The minimum Gasteiger partial charge on any atom is -0.310 e. The third-order valence-corrected chi connectivity index (χ3v) is 19.4. The molecule has 0 amide bonds. The lowest BCUT2D eigenvalue weighted by Gasteiger charge is -2.35. The molecule has 16 rings (SSSR count). The van der Waals surface area contributed by atoms with E-state index in [1.165, 1.54) is 157 Å². The molecule has 0 aliphatic heterocycles. The molecule has 12 aromatic carbocycles. The van der Waals surface area contributed by atoms with Gasteiger partial charge in [0.2, 0.25) is 0 Å². The first-order valence-electron chi connectivity index (χ1n) is 30.9. The summed E-state index contributed by atoms with van der Waals surface area (Å²) in [5.41, 5.74) is 26.7. The molecular weight excluding hydrogens is 1020 g/mol. The number of hydrogen-bond acceptors (Lipinski definition) is 1. The Morgan fingerprint density at radius 1 is 0.306 bits per heavy atom. The van der Waals surface area contributed by atoms with E-state index < -0.39 is 5.41 Å². The van der Waals surface area contributed by atoms with Crippen molar-refractivity contribution in [3.63, 3.8) is 0 Å². The van der Waals surface area contributed by atoms with Crippen molar-refractivity contribution in [2.45, 2.75) is 68.6 Å². The molecule has 0 bridgehead atoms. The summed E-state index contributed by atoms with van der Waals surface area (Å²) >= 11 is 0. The highest BCUT2D eigenvalue weighted by Gasteiger charge is 2.46. The zero-order valence-corrected chi connectivity index (χ0v) is 47.9. The van der Waals surface area contributed by atoms with E-state index in [0.717, 1.165) is 28.2 Å². The van der Waals surface area contributed by atoms with Crippen LogP contribution in [0.3, 0.4) is 0 Å². The van der Waals surface area contributed by atoms with Crippen LogP contribution in [0.5, 0.6) is 0 Å². The van der Waals surface area contributed by atoms with Crippen molar-refractivity contribution in [2.24, 2.45) is 0 Å². The van der Waals surface area contributed by atoms with Crippen molar-refractivity contribution in [1.29, 1.82) is 0 Å². The lowest BCUT2D eigenvalue weighted by atomic mass is 9.67. The largest absolute Gasteiger partial charge is 0.310 e. The van der Waals surface area contributed by atoms with Crippen molar-refractivity contribution >= 4 is 38.9 Å². The number of benzene rings is 12. The van der Waals surface area contributed by atoms with Crippen LogP contribution in [-0.2, 0) is 5.41 Å². The fraction of sp³-hybridized carbons (Fsp3) is 0.133. The van der Waals surface area contributed by atoms with Gasteiger partial charge in [-0.2, -0.15) is 0 Å². The molecule has 2 saturated carbocycles. The van der Waals surface area contributed by atoms with E-state index in [1.807, 2.05) is 0 Å². The second-order valence-corrected chi connectivity index (χ2v) is 24.1. The van der Waals surface area contributed by atoms with Crippen LogP contribution in [0.1, 0.15) is 96.6 Å². The molecule has 13 aromatic rings. The van der Waals surface area contributed by atoms with E-state index in [-0.39, 0.29) is 0 Å². The van der Waals surface area contributed by atoms with Crippen LogP contribution in [0.2, 0.25) is 0 Å². The highest BCUT2D eigenvalue weighted by atomic mass is 15.1. The molecule has 3 aliphatic rings. The Morgan fingerprint density at radius 3 is 1.34 bits per heavy atom. The van der Waals surface area contributed by atoms with Gasteiger partial charge in [0.05, 0.1) is 22.1 Å². The maximum atomic E-state index is 2.55. The average molecular weight is 1090 g/mol. The van der Waals surface area contributed by atoms with Gasteiger partial charge >= 0.3 is 0 Å². The van der Waals surface area contributed by atoms with E-state index in [2.05, 4.69) is 301 Å². The Morgan fingerprint density at radius 2 is 0.753 bits per heavy atom. The molecule has 0 atom stereocenters. The Bertz CT molecular complexity index is 4450. The fourth-order valence-corrected chi connectivity index (χ4v) is 15.2. The summed E-state index contributed by atoms with van der Waals surface area (Å²) in [6.45, 7) is 0. The molecular formula is C83H66N2. The Kier molecular flexibility index (Phi) is 12.9. The predicted molar refractivity (Wildman–Crippen MR) is 357 cm³/mol. The minimum absolute atomic E-state index is 0.540. The van der Waals surface area contributed by atoms with E-state index in [0.29, 0.717) is 11.8 Å². The maximum Gasteiger partial charge on any atom is 0.0714 e. The second-order valence-electron chi connectivity index (χ2n) is 24.1. The first-order chi connectivity index (χ1) is 42.1. The highest BCUT2D eigenvalue weighted by molar-refractivity contribution is 6.10. The lowest BCUT2D eigenvalue weighted by molar-refractivity contribution is 0.724. The Balaban J connectivity index is 0.762. The van der Waals surface area contributed by atoms with E-state index in [4.69, 9.17) is 0 Å². The van der Waals surface area contributed by atoms with Gasteiger partial charge < -0.3 is 9.47 Å². The number of fused-ring (bicyclic) bond motifs is 6. The predicted octanol–water partition coefficient (Wildman–Crippen LogP) is 22.6. The van der Waals surface area contributed by atoms with Gasteiger partial charge in [0, 0.05) is 33.4 Å². The molecule has 0 saturated heterocycles. The topological polar surface area (TPSA) is 8.17 Å². The third-order valence-electron chi connectivity index (χ3n) is 19.4. The van der Waals surface area contributed by atoms with Gasteiger partial charge in [-0.25, -0.2) is 0 Å². The molecule has 0 unspecified atom stereocenters. The van der Waals surface area contributed by atoms with Gasteiger partial charge in [-0.15, -0.1) is 0 Å². The van der Waals surface area contributed by atoms with Crippen LogP contribution < -0.4 is 4.90 Å². The quantitative estimate of drug-likeness (QED) is 0.118. The van der Waals surface area contributed by atoms with E-state index >= 15 is 0 Å². The number of para-hydroxylation sites is 1. The summed E-state index contributed by atoms with van der Waals surface area (Å²) in [5, 5.41) is 2.80. The molecule has 2 nitrogen and oxygen atoms in total. The molecule has 408 valence electrons. The van der Waals surface area contributed by atoms with Crippen LogP contribution in [0.25, 0.3) is 83.1 Å². The standard InChI is InChI=1S/C83H66N2/c1-4-19-57(20-5-1)64-25-18-26-67(53-64)73-31-15-17-34-80(73)84(72-49-50-75-74-32-14-16-33-78(74)83(79(75)56-72,68-27-6-2-7-28-68)69-29-8-3-9-30-69)70-45-39-62(40-46-70)60-35-37-61(38-36-60)63-41-47-71(48-42-63)85-81-51-43-65(58-21-10-11-22-58)54-76(81)77-55-66(44-52-82(77)85)59-23-12-13-24-59/h1-9,14-20,25-56,58-59H,10-13,21-24H2. The molecule has 3 aliphatic carbocycles. The fourth-order valence-electron chi connectivity index (χ4n) is 15.2. The first kappa shape index (κ1) is 50.9. The average Bonchev–Trinajstić information content (AvgIpc) is 1.86. The molecule has 1 aromatic heterocycles. The summed E-state index contributed by atoms with van der Waals surface area (Å²) < 4.78 is 2.51. The van der Waals surface area contributed by atoms with Crippen LogP contribution >= 0.6 is 0 Å². The monoisotopic (exact) mass is 1090 g/mol. The van der Waals surface area contributed by atoms with Crippen molar-refractivity contribution in [2.75, 3.05) is 4.90 Å². The number of anilines is 3. The van der Waals surface area contributed by atoms with Gasteiger partial charge in [0.25, 0.3) is 0 Å². The number of hydrogen-bond donors (Lipinski definition) is 0. The van der Waals surface area contributed by atoms with Gasteiger partial charge in [0.15, 0.2) is 0 Å². The third kappa shape index (κ3) is 8.85. The van der Waals surface area contributed by atoms with Crippen LogP contribution in [0, 0.1) is 0 Å². The molecule has 2 heteroatoms. The SMILES string of the molecule is c1ccc(-c2cccc(-c3ccccc3N(c3ccc(-c4ccc(-c5ccc(-n6c7ccc(C8CCCC8)cc7c7cc(C8CCCC8)ccc76)cc5)cc4)cc3)c3ccc4c(c3)C(c3ccccc3)(c3ccccc3)c3ccccc3-4)c2)cc1. The molecule has 0 spiro atoms. The second kappa shape index (κ2) is 21.5. The molecule has 0 radical (unpaired) electrons. The zero-order valence-electron chi connectivity index (χ0n) is 47.9. The summed E-state index contributed by atoms with van der Waals surface area (Å²) in [7, 11) is 0. The van der Waals surface area contributed by atoms with Crippen molar-refractivity contribution in [3.05, 3.63) is 325 Å². The van der Waals surface area contributed by atoms with Gasteiger partial charge in [0.1, 0.15) is 0 Å². The van der Waals surface area contributed by atoms with Crippen LogP contribution in [0.4, 0.5) is 17.1 Å². The van der Waals surface area contributed by atoms with Gasteiger partial charge in [-0.05, 0) is 194 Å². The normalized spacial score (nSPS) is 14.7. The lowest BCUT2D eigenvalue weighted by Crippen LogP contribution is -2.28. The summed E-state index contributed by atoms with van der Waals surface area (Å²) in [5.74, 6) is 1.37. The summed E-state index contributed by atoms with van der Waals surface area (Å²) in [4.78, 5) is 2.48. The van der Waals surface area contributed by atoms with Crippen molar-refractivity contribution in [1.82, 2.24) is 4.57 Å². The zero-order chi connectivity index (χ0) is 56.3. The number of aromatic nitrogens is 1. The summed E-state index contributed by atoms with van der Waals surface area (Å²) in [6, 6.07) is 109. The van der Waals surface area contributed by atoms with E-state index in [9.17, 15) is 0 Å². The van der Waals surface area contributed by atoms with Crippen LogP contribution in [0.15, 0.2) is 291 Å². The van der Waals surface area contributed by atoms with E-state index in [1.54, 1.807) is 0 Å². The maximum absolute atomic E-state index is 2.55. The van der Waals surface area contributed by atoms with Gasteiger partial charge in [-0.3, -0.25) is 0 Å². The highest BCUT2D eigenvalue weighted by Crippen LogP contribution is 2.58. The molecule has 1 heterocycles. The Hall–Kier alpha value is -9.76. The molecule has 2 fully saturated rings. The van der Waals surface area contributed by atoms with Crippen molar-refractivity contribution < 1.29 is 0 Å². The van der Waals surface area contributed by atoms with Crippen molar-refractivity contribution in [3.8, 4) is 61.3 Å². The summed E-state index contributed by atoms with van der Waals surface area (Å²) in [6.07, 6.45) is 10.6. The molecule has 85 heavy (non-hydrogen) atoms. The number of rotatable bonds is 12. The first-order valence-corrected chi connectivity index (χ1v) is 30.9. The smallest absolute Gasteiger partial charge is 0.0714 e.